The number of carbonyl (C=O) groups excluding carboxylic acids is 1. The zero-order valence-corrected chi connectivity index (χ0v) is 10.5. The highest BCUT2D eigenvalue weighted by Gasteiger charge is 2.11. The molecule has 1 aromatic rings. The molecule has 1 heterocycles. The third-order valence-corrected chi connectivity index (χ3v) is 2.34. The highest BCUT2D eigenvalue weighted by Crippen LogP contribution is 2.07. The van der Waals surface area contributed by atoms with Crippen molar-refractivity contribution in [2.45, 2.75) is 19.1 Å². The molecule has 2 N–H and O–H groups in total. The number of nitro groups is 1. The minimum absolute atomic E-state index is 0.120. The topological polar surface area (TPSA) is 120 Å². The first-order chi connectivity index (χ1) is 9.02. The number of nitrogens with zero attached hydrogens (tertiary/aromatic N) is 3. The van der Waals surface area contributed by atoms with E-state index in [9.17, 15) is 20.0 Å². The third kappa shape index (κ3) is 5.44. The average molecular weight is 272 g/mol. The second kappa shape index (κ2) is 7.44. The Morgan fingerprint density at radius 1 is 1.74 bits per heavy atom. The molecular formula is C10H16N4O5. The van der Waals surface area contributed by atoms with Gasteiger partial charge in [-0.1, -0.05) is 0 Å². The lowest BCUT2D eigenvalue weighted by molar-refractivity contribution is -0.385. The predicted molar refractivity (Wildman–Crippen MR) is 64.4 cm³/mol. The number of hydrogen-bond donors (Lipinski definition) is 2. The molecule has 0 spiro atoms. The maximum atomic E-state index is 10.8. The molecular weight excluding hydrogens is 256 g/mol. The van der Waals surface area contributed by atoms with E-state index in [1.165, 1.54) is 18.0 Å². The smallest absolute Gasteiger partial charge is 0.306 e. The number of hydrogen-bond acceptors (Lipinski definition) is 7. The quantitative estimate of drug-likeness (QED) is 0.278. The van der Waals surface area contributed by atoms with Crippen molar-refractivity contribution in [2.75, 3.05) is 20.2 Å². The van der Waals surface area contributed by atoms with E-state index < -0.39 is 11.0 Å². The first kappa shape index (κ1) is 15.1. The van der Waals surface area contributed by atoms with Gasteiger partial charge in [0.2, 0.25) is 0 Å². The summed E-state index contributed by atoms with van der Waals surface area (Å²) in [5, 5.41) is 26.7. The summed E-state index contributed by atoms with van der Waals surface area (Å²) in [5.41, 5.74) is -0.120. The Morgan fingerprint density at radius 3 is 3.05 bits per heavy atom. The summed E-state index contributed by atoms with van der Waals surface area (Å²) in [4.78, 5) is 20.7. The van der Waals surface area contributed by atoms with Crippen molar-refractivity contribution in [3.63, 3.8) is 0 Å². The summed E-state index contributed by atoms with van der Waals surface area (Å²) in [6.45, 7) is 0.784. The standard InChI is InChI=1S/C10H16N4O5/c1-19-10(16)2-3-11-5-9(15)7-13-6-8(4-12-13)14(17)18/h4,6,9,11,15H,2-3,5,7H2,1H3. The Hall–Kier alpha value is -2.00. The van der Waals surface area contributed by atoms with E-state index >= 15 is 0 Å². The van der Waals surface area contributed by atoms with E-state index in [2.05, 4.69) is 15.2 Å². The number of methoxy groups -OCH3 is 1. The molecule has 0 aliphatic carbocycles. The molecule has 0 radical (unpaired) electrons. The van der Waals surface area contributed by atoms with Crippen molar-refractivity contribution in [2.24, 2.45) is 0 Å². The van der Waals surface area contributed by atoms with Gasteiger partial charge in [0.15, 0.2) is 0 Å². The molecule has 9 heteroatoms. The normalized spacial score (nSPS) is 12.1. The second-order valence-electron chi connectivity index (χ2n) is 3.86. The van der Waals surface area contributed by atoms with Gasteiger partial charge in [0.1, 0.15) is 12.4 Å². The van der Waals surface area contributed by atoms with Crippen LogP contribution in [0.3, 0.4) is 0 Å². The molecule has 1 unspecified atom stereocenters. The van der Waals surface area contributed by atoms with Crippen LogP contribution in [0.4, 0.5) is 5.69 Å². The molecule has 0 aliphatic rings. The van der Waals surface area contributed by atoms with Gasteiger partial charge in [0.25, 0.3) is 0 Å². The molecule has 0 saturated carbocycles. The fourth-order valence-corrected chi connectivity index (χ4v) is 1.39. The number of rotatable bonds is 8. The van der Waals surface area contributed by atoms with Gasteiger partial charge >= 0.3 is 11.7 Å². The third-order valence-electron chi connectivity index (χ3n) is 2.34. The summed E-state index contributed by atoms with van der Waals surface area (Å²) in [6.07, 6.45) is 1.84. The van der Waals surface area contributed by atoms with Crippen LogP contribution in [-0.2, 0) is 16.1 Å². The van der Waals surface area contributed by atoms with E-state index in [4.69, 9.17) is 0 Å². The summed E-state index contributed by atoms with van der Waals surface area (Å²) in [6, 6.07) is 0. The lowest BCUT2D eigenvalue weighted by Gasteiger charge is -2.11. The molecule has 0 aromatic carbocycles. The lowest BCUT2D eigenvalue weighted by Crippen LogP contribution is -2.31. The van der Waals surface area contributed by atoms with E-state index in [0.29, 0.717) is 6.54 Å². The highest BCUT2D eigenvalue weighted by atomic mass is 16.6. The molecule has 1 atom stereocenters. The van der Waals surface area contributed by atoms with Crippen LogP contribution in [0.5, 0.6) is 0 Å². The molecule has 0 saturated heterocycles. The number of ether oxygens (including phenoxy) is 1. The summed E-state index contributed by atoms with van der Waals surface area (Å²) < 4.78 is 5.76. The van der Waals surface area contributed by atoms with Crippen LogP contribution in [0.2, 0.25) is 0 Å². The Labute approximate surface area is 109 Å². The van der Waals surface area contributed by atoms with Crippen LogP contribution in [0, 0.1) is 10.1 Å². The maximum absolute atomic E-state index is 10.8. The molecule has 0 aliphatic heterocycles. The van der Waals surface area contributed by atoms with Crippen LogP contribution < -0.4 is 5.32 Å². The van der Waals surface area contributed by atoms with E-state index in [-0.39, 0.29) is 31.2 Å². The fraction of sp³-hybridized carbons (Fsp3) is 0.600. The van der Waals surface area contributed by atoms with Crippen LogP contribution in [-0.4, -0.2) is 52.1 Å². The zero-order valence-electron chi connectivity index (χ0n) is 10.5. The first-order valence-corrected chi connectivity index (χ1v) is 5.65. The van der Waals surface area contributed by atoms with Crippen molar-refractivity contribution in [3.8, 4) is 0 Å². The average Bonchev–Trinajstić information content (AvgIpc) is 2.83. The molecule has 1 aromatic heterocycles. The van der Waals surface area contributed by atoms with Crippen molar-refractivity contribution >= 4 is 11.7 Å². The van der Waals surface area contributed by atoms with Crippen LogP contribution in [0.1, 0.15) is 6.42 Å². The summed E-state index contributed by atoms with van der Waals surface area (Å²) >= 11 is 0. The largest absolute Gasteiger partial charge is 0.469 e. The monoisotopic (exact) mass is 272 g/mol. The van der Waals surface area contributed by atoms with Crippen molar-refractivity contribution < 1.29 is 19.6 Å². The number of carbonyl (C=O) groups is 1. The van der Waals surface area contributed by atoms with Crippen LogP contribution in [0.25, 0.3) is 0 Å². The van der Waals surface area contributed by atoms with Gasteiger partial charge in [-0.15, -0.1) is 0 Å². The Balaban J connectivity index is 2.24. The molecule has 19 heavy (non-hydrogen) atoms. The summed E-state index contributed by atoms with van der Waals surface area (Å²) in [5.74, 6) is -0.329. The Morgan fingerprint density at radius 2 is 2.47 bits per heavy atom. The second-order valence-corrected chi connectivity index (χ2v) is 3.86. The minimum atomic E-state index is -0.753. The number of esters is 1. The van der Waals surface area contributed by atoms with Crippen LogP contribution in [0.15, 0.2) is 12.4 Å². The van der Waals surface area contributed by atoms with Gasteiger partial charge in [-0.3, -0.25) is 19.6 Å². The van der Waals surface area contributed by atoms with Gasteiger partial charge in [-0.05, 0) is 0 Å². The highest BCUT2D eigenvalue weighted by molar-refractivity contribution is 5.69. The number of aliphatic hydroxyl groups is 1. The van der Waals surface area contributed by atoms with Gasteiger partial charge in [-0.25, -0.2) is 0 Å². The van der Waals surface area contributed by atoms with Crippen molar-refractivity contribution in [1.82, 2.24) is 15.1 Å². The fourth-order valence-electron chi connectivity index (χ4n) is 1.39. The number of aliphatic hydroxyl groups excluding tert-OH is 1. The van der Waals surface area contributed by atoms with E-state index in [0.717, 1.165) is 6.20 Å². The van der Waals surface area contributed by atoms with Crippen molar-refractivity contribution in [3.05, 3.63) is 22.5 Å². The summed E-state index contributed by atoms with van der Waals surface area (Å²) in [7, 11) is 1.31. The number of nitrogens with one attached hydrogen (secondary N) is 1. The lowest BCUT2D eigenvalue weighted by atomic mass is 10.3. The molecule has 9 nitrogen and oxygen atoms in total. The predicted octanol–water partition coefficient (Wildman–Crippen LogP) is -0.695. The van der Waals surface area contributed by atoms with Gasteiger partial charge in [-0.2, -0.15) is 5.10 Å². The van der Waals surface area contributed by atoms with E-state index in [1.54, 1.807) is 0 Å². The SMILES string of the molecule is COC(=O)CCNCC(O)Cn1cc([N+](=O)[O-])cn1. The van der Waals surface area contributed by atoms with E-state index in [1.807, 2.05) is 0 Å². The molecule has 106 valence electrons. The zero-order chi connectivity index (χ0) is 14.3. The van der Waals surface area contributed by atoms with Gasteiger partial charge in [0, 0.05) is 13.1 Å². The number of aromatic nitrogens is 2. The maximum Gasteiger partial charge on any atom is 0.306 e. The minimum Gasteiger partial charge on any atom is -0.469 e. The molecule has 0 bridgehead atoms. The molecule has 1 rings (SSSR count). The Kier molecular flexibility index (Phi) is 5.90. The van der Waals surface area contributed by atoms with Gasteiger partial charge < -0.3 is 15.2 Å². The Bertz CT molecular complexity index is 433. The van der Waals surface area contributed by atoms with Crippen LogP contribution >= 0.6 is 0 Å². The first-order valence-electron chi connectivity index (χ1n) is 5.65. The van der Waals surface area contributed by atoms with Crippen molar-refractivity contribution in [1.29, 1.82) is 0 Å². The van der Waals surface area contributed by atoms with Gasteiger partial charge in [0.05, 0.1) is 31.1 Å². The molecule has 0 fully saturated rings. The molecule has 0 amide bonds.